The number of imidazole rings is 1. The van der Waals surface area contributed by atoms with Gasteiger partial charge >= 0.3 is 0 Å². The average Bonchev–Trinajstić information content (AvgIpc) is 2.88. The number of aryl methyl sites for hydroxylation is 1. The van der Waals surface area contributed by atoms with E-state index in [1.807, 2.05) is 28.8 Å². The van der Waals surface area contributed by atoms with Crippen molar-refractivity contribution in [2.45, 2.75) is 26.4 Å². The van der Waals surface area contributed by atoms with Gasteiger partial charge in [0.1, 0.15) is 5.65 Å². The summed E-state index contributed by atoms with van der Waals surface area (Å²) >= 11 is 0. The zero-order valence-corrected chi connectivity index (χ0v) is 11.9. The van der Waals surface area contributed by atoms with Crippen molar-refractivity contribution >= 4 is 5.65 Å². The fourth-order valence-electron chi connectivity index (χ4n) is 2.30. The minimum absolute atomic E-state index is 0.320. The van der Waals surface area contributed by atoms with Gasteiger partial charge in [-0.1, -0.05) is 35.9 Å². The van der Waals surface area contributed by atoms with Gasteiger partial charge < -0.3 is 9.72 Å². The first-order chi connectivity index (χ1) is 9.72. The molecule has 2 heterocycles. The Kier molecular flexibility index (Phi) is 3.52. The maximum atomic E-state index is 4.59. The van der Waals surface area contributed by atoms with Gasteiger partial charge in [-0.25, -0.2) is 4.98 Å². The molecule has 102 valence electrons. The summed E-state index contributed by atoms with van der Waals surface area (Å²) in [6.45, 7) is 5.07. The first-order valence-electron chi connectivity index (χ1n) is 6.95. The fourth-order valence-corrected chi connectivity index (χ4v) is 2.30. The molecule has 20 heavy (non-hydrogen) atoms. The van der Waals surface area contributed by atoms with Crippen LogP contribution in [0.5, 0.6) is 0 Å². The first kappa shape index (κ1) is 12.9. The van der Waals surface area contributed by atoms with Gasteiger partial charge in [0.2, 0.25) is 0 Å². The Bertz CT molecular complexity index is 665. The lowest BCUT2D eigenvalue weighted by atomic mass is 10.1. The quantitative estimate of drug-likeness (QED) is 0.782. The summed E-state index contributed by atoms with van der Waals surface area (Å²) in [7, 11) is 0. The number of aromatic nitrogens is 2. The number of nitrogens with one attached hydrogen (secondary N) is 1. The molecule has 0 aliphatic heterocycles. The van der Waals surface area contributed by atoms with Crippen molar-refractivity contribution in [2.24, 2.45) is 0 Å². The topological polar surface area (TPSA) is 29.3 Å². The molecule has 0 fully saturated rings. The Labute approximate surface area is 119 Å². The van der Waals surface area contributed by atoms with Gasteiger partial charge in [0.25, 0.3) is 0 Å². The van der Waals surface area contributed by atoms with Crippen molar-refractivity contribution in [3.8, 4) is 0 Å². The van der Waals surface area contributed by atoms with Gasteiger partial charge in [-0.15, -0.1) is 0 Å². The van der Waals surface area contributed by atoms with Crippen LogP contribution in [0.25, 0.3) is 5.65 Å². The molecule has 0 saturated heterocycles. The molecule has 3 rings (SSSR count). The molecular weight excluding hydrogens is 246 g/mol. The molecule has 0 spiro atoms. The van der Waals surface area contributed by atoms with E-state index >= 15 is 0 Å². The highest BCUT2D eigenvalue weighted by molar-refractivity contribution is 5.39. The van der Waals surface area contributed by atoms with Gasteiger partial charge in [-0.2, -0.15) is 0 Å². The summed E-state index contributed by atoms with van der Waals surface area (Å²) in [5.41, 5.74) is 4.66. The van der Waals surface area contributed by atoms with Gasteiger partial charge in [0, 0.05) is 25.0 Å². The minimum Gasteiger partial charge on any atom is -0.307 e. The van der Waals surface area contributed by atoms with E-state index in [0.717, 1.165) is 17.9 Å². The Morgan fingerprint density at radius 1 is 1.15 bits per heavy atom. The van der Waals surface area contributed by atoms with Crippen molar-refractivity contribution in [1.29, 1.82) is 0 Å². The molecular formula is C17H19N3. The second kappa shape index (κ2) is 5.47. The van der Waals surface area contributed by atoms with E-state index in [4.69, 9.17) is 0 Å². The summed E-state index contributed by atoms with van der Waals surface area (Å²) in [5, 5.41) is 3.52. The predicted octanol–water partition coefficient (Wildman–Crippen LogP) is 3.49. The third-order valence-electron chi connectivity index (χ3n) is 3.58. The second-order valence-electron chi connectivity index (χ2n) is 5.21. The van der Waals surface area contributed by atoms with Crippen molar-refractivity contribution in [2.75, 3.05) is 0 Å². The van der Waals surface area contributed by atoms with Crippen LogP contribution in [0.1, 0.15) is 29.8 Å². The van der Waals surface area contributed by atoms with E-state index in [0.29, 0.717) is 6.04 Å². The van der Waals surface area contributed by atoms with Crippen molar-refractivity contribution in [3.63, 3.8) is 0 Å². The standard InChI is InChI=1S/C17H19N3/c1-13-6-8-15(9-7-13)14(2)18-11-16-12-20-10-4-3-5-17(20)19-16/h3-10,12,14,18H,11H2,1-2H3/t14-/m0/s1. The lowest BCUT2D eigenvalue weighted by molar-refractivity contribution is 0.569. The highest BCUT2D eigenvalue weighted by Gasteiger charge is 2.06. The number of hydrogen-bond donors (Lipinski definition) is 1. The Morgan fingerprint density at radius 3 is 2.70 bits per heavy atom. The molecule has 1 aromatic carbocycles. The number of benzene rings is 1. The molecule has 3 aromatic rings. The fraction of sp³-hybridized carbons (Fsp3) is 0.235. The molecule has 0 saturated carbocycles. The number of rotatable bonds is 4. The molecule has 1 N–H and O–H groups in total. The van der Waals surface area contributed by atoms with Crippen LogP contribution in [-0.2, 0) is 6.54 Å². The van der Waals surface area contributed by atoms with Crippen LogP contribution in [0.3, 0.4) is 0 Å². The van der Waals surface area contributed by atoms with Crippen LogP contribution < -0.4 is 5.32 Å². The van der Waals surface area contributed by atoms with Crippen molar-refractivity contribution < 1.29 is 0 Å². The predicted molar refractivity (Wildman–Crippen MR) is 81.6 cm³/mol. The Hall–Kier alpha value is -2.13. The smallest absolute Gasteiger partial charge is 0.137 e. The van der Waals surface area contributed by atoms with E-state index in [-0.39, 0.29) is 0 Å². The number of hydrogen-bond acceptors (Lipinski definition) is 2. The van der Waals surface area contributed by atoms with Gasteiger partial charge in [-0.3, -0.25) is 0 Å². The average molecular weight is 265 g/mol. The van der Waals surface area contributed by atoms with Crippen molar-refractivity contribution in [1.82, 2.24) is 14.7 Å². The van der Waals surface area contributed by atoms with Crippen LogP contribution in [0.4, 0.5) is 0 Å². The lowest BCUT2D eigenvalue weighted by Crippen LogP contribution is -2.18. The summed E-state index contributed by atoms with van der Waals surface area (Å²) in [5.74, 6) is 0. The van der Waals surface area contributed by atoms with Gasteiger partial charge in [0.05, 0.1) is 5.69 Å². The molecule has 3 heteroatoms. The molecule has 3 nitrogen and oxygen atoms in total. The summed E-state index contributed by atoms with van der Waals surface area (Å²) in [4.78, 5) is 4.59. The summed E-state index contributed by atoms with van der Waals surface area (Å²) in [6.07, 6.45) is 4.10. The molecule has 1 atom stereocenters. The molecule has 0 aliphatic carbocycles. The highest BCUT2D eigenvalue weighted by atomic mass is 15.0. The second-order valence-corrected chi connectivity index (χ2v) is 5.21. The molecule has 0 aliphatic rings. The van der Waals surface area contributed by atoms with Crippen LogP contribution in [0, 0.1) is 6.92 Å². The van der Waals surface area contributed by atoms with E-state index in [2.05, 4.69) is 54.6 Å². The molecule has 0 bridgehead atoms. The van der Waals surface area contributed by atoms with Crippen LogP contribution >= 0.6 is 0 Å². The number of fused-ring (bicyclic) bond motifs is 1. The summed E-state index contributed by atoms with van der Waals surface area (Å²) in [6, 6.07) is 15.0. The van der Waals surface area contributed by atoms with Gasteiger partial charge in [-0.05, 0) is 31.5 Å². The number of pyridine rings is 1. The van der Waals surface area contributed by atoms with E-state index in [1.54, 1.807) is 0 Å². The van der Waals surface area contributed by atoms with Crippen LogP contribution in [0.2, 0.25) is 0 Å². The Morgan fingerprint density at radius 2 is 1.95 bits per heavy atom. The minimum atomic E-state index is 0.320. The zero-order valence-electron chi connectivity index (χ0n) is 11.9. The lowest BCUT2D eigenvalue weighted by Gasteiger charge is -2.13. The Balaban J connectivity index is 1.68. The summed E-state index contributed by atoms with van der Waals surface area (Å²) < 4.78 is 2.05. The largest absolute Gasteiger partial charge is 0.307 e. The van der Waals surface area contributed by atoms with E-state index in [9.17, 15) is 0 Å². The third kappa shape index (κ3) is 2.73. The third-order valence-corrected chi connectivity index (χ3v) is 3.58. The normalized spacial score (nSPS) is 12.7. The van der Waals surface area contributed by atoms with E-state index in [1.165, 1.54) is 11.1 Å². The van der Waals surface area contributed by atoms with E-state index < -0.39 is 0 Å². The molecule has 0 radical (unpaired) electrons. The molecule has 0 unspecified atom stereocenters. The highest BCUT2D eigenvalue weighted by Crippen LogP contribution is 2.14. The first-order valence-corrected chi connectivity index (χ1v) is 6.95. The van der Waals surface area contributed by atoms with Crippen molar-refractivity contribution in [3.05, 3.63) is 71.7 Å². The van der Waals surface area contributed by atoms with Crippen LogP contribution in [-0.4, -0.2) is 9.38 Å². The molecule has 0 amide bonds. The zero-order chi connectivity index (χ0) is 13.9. The van der Waals surface area contributed by atoms with Crippen LogP contribution in [0.15, 0.2) is 54.9 Å². The maximum Gasteiger partial charge on any atom is 0.137 e. The monoisotopic (exact) mass is 265 g/mol. The maximum absolute atomic E-state index is 4.59. The van der Waals surface area contributed by atoms with Gasteiger partial charge in [0.15, 0.2) is 0 Å². The number of nitrogens with zero attached hydrogens (tertiary/aromatic N) is 2. The molecule has 2 aromatic heterocycles. The SMILES string of the molecule is Cc1ccc([C@H](C)NCc2cn3ccccc3n2)cc1.